The van der Waals surface area contributed by atoms with E-state index in [0.717, 1.165) is 4.31 Å². The molecule has 0 aliphatic carbocycles. The van der Waals surface area contributed by atoms with E-state index in [-0.39, 0.29) is 13.1 Å². The van der Waals surface area contributed by atoms with Crippen LogP contribution in [0, 0.1) is 0 Å². The van der Waals surface area contributed by atoms with Crippen LogP contribution in [0.25, 0.3) is 0 Å². The predicted molar refractivity (Wildman–Crippen MR) is 42.3 cm³/mol. The van der Waals surface area contributed by atoms with Gasteiger partial charge in [0.2, 0.25) is 6.41 Å². The molecule has 12 heavy (non-hydrogen) atoms. The fraction of sp³-hybridized carbons (Fsp3) is 0.800. The van der Waals surface area contributed by atoms with Gasteiger partial charge in [0.25, 0.3) is 10.2 Å². The molecule has 1 amide bonds. The van der Waals surface area contributed by atoms with Crippen molar-refractivity contribution in [3.8, 4) is 0 Å². The third-order valence-electron chi connectivity index (χ3n) is 1.78. The monoisotopic (exact) mass is 193 g/mol. The van der Waals surface area contributed by atoms with Crippen molar-refractivity contribution in [1.82, 2.24) is 9.21 Å². The fourth-order valence-corrected chi connectivity index (χ4v) is 1.74. The third kappa shape index (κ3) is 2.16. The van der Waals surface area contributed by atoms with Gasteiger partial charge < -0.3 is 4.90 Å². The summed E-state index contributed by atoms with van der Waals surface area (Å²) in [6, 6.07) is 0. The number of carbonyl (C=O) groups excluding carboxylic acids is 1. The lowest BCUT2D eigenvalue weighted by Gasteiger charge is -2.30. The Hall–Kier alpha value is -0.660. The van der Waals surface area contributed by atoms with E-state index in [1.807, 2.05) is 0 Å². The van der Waals surface area contributed by atoms with E-state index in [1.165, 1.54) is 4.90 Å². The normalized spacial score (nSPS) is 20.9. The van der Waals surface area contributed by atoms with Crippen LogP contribution in [0.2, 0.25) is 0 Å². The highest BCUT2D eigenvalue weighted by atomic mass is 32.2. The second-order valence-corrected chi connectivity index (χ2v) is 4.13. The number of rotatable bonds is 2. The summed E-state index contributed by atoms with van der Waals surface area (Å²) in [6.07, 6.45) is 0.709. The number of amides is 1. The van der Waals surface area contributed by atoms with Crippen molar-refractivity contribution in [3.63, 3.8) is 0 Å². The molecule has 0 aromatic rings. The van der Waals surface area contributed by atoms with Crippen molar-refractivity contribution in [2.24, 2.45) is 5.14 Å². The quantitative estimate of drug-likeness (QED) is 0.513. The van der Waals surface area contributed by atoms with Crippen LogP contribution in [-0.2, 0) is 15.0 Å². The van der Waals surface area contributed by atoms with Crippen LogP contribution in [-0.4, -0.2) is 50.2 Å². The molecular weight excluding hydrogens is 182 g/mol. The average Bonchev–Trinajstić information content (AvgIpc) is 2.03. The molecule has 0 unspecified atom stereocenters. The SMILES string of the molecule is NS(=O)(=O)N1CCN(C=O)CC1. The van der Waals surface area contributed by atoms with Gasteiger partial charge in [-0.15, -0.1) is 0 Å². The zero-order chi connectivity index (χ0) is 9.19. The summed E-state index contributed by atoms with van der Waals surface area (Å²) < 4.78 is 22.7. The zero-order valence-corrected chi connectivity index (χ0v) is 7.33. The lowest BCUT2D eigenvalue weighted by molar-refractivity contribution is -0.119. The van der Waals surface area contributed by atoms with Crippen LogP contribution in [0.5, 0.6) is 0 Å². The zero-order valence-electron chi connectivity index (χ0n) is 6.51. The molecule has 0 spiro atoms. The molecule has 1 aliphatic heterocycles. The lowest BCUT2D eigenvalue weighted by atomic mass is 10.4. The largest absolute Gasteiger partial charge is 0.343 e. The second-order valence-electron chi connectivity index (χ2n) is 2.59. The molecule has 0 aromatic heterocycles. The first kappa shape index (κ1) is 9.43. The van der Waals surface area contributed by atoms with Crippen molar-refractivity contribution < 1.29 is 13.2 Å². The first-order valence-electron chi connectivity index (χ1n) is 3.51. The Balaban J connectivity index is 2.52. The summed E-state index contributed by atoms with van der Waals surface area (Å²) in [5.41, 5.74) is 0. The molecule has 0 bridgehead atoms. The summed E-state index contributed by atoms with van der Waals surface area (Å²) in [4.78, 5) is 11.8. The van der Waals surface area contributed by atoms with Crippen molar-refractivity contribution >= 4 is 16.6 Å². The lowest BCUT2D eigenvalue weighted by Crippen LogP contribution is -2.50. The summed E-state index contributed by atoms with van der Waals surface area (Å²) in [5.74, 6) is 0. The number of hydrogen-bond donors (Lipinski definition) is 1. The smallest absolute Gasteiger partial charge is 0.277 e. The van der Waals surface area contributed by atoms with Crippen molar-refractivity contribution in [1.29, 1.82) is 0 Å². The summed E-state index contributed by atoms with van der Waals surface area (Å²) in [5, 5.41) is 4.89. The molecule has 1 fully saturated rings. The Morgan fingerprint density at radius 1 is 1.17 bits per heavy atom. The van der Waals surface area contributed by atoms with Crippen molar-refractivity contribution in [2.45, 2.75) is 0 Å². The third-order valence-corrected chi connectivity index (χ3v) is 2.87. The highest BCUT2D eigenvalue weighted by Crippen LogP contribution is 2.01. The number of nitrogens with two attached hydrogens (primary N) is 1. The molecule has 2 N–H and O–H groups in total. The first-order valence-corrected chi connectivity index (χ1v) is 5.01. The molecule has 70 valence electrons. The van der Waals surface area contributed by atoms with Crippen LogP contribution >= 0.6 is 0 Å². The summed E-state index contributed by atoms with van der Waals surface area (Å²) in [7, 11) is -3.57. The van der Waals surface area contributed by atoms with E-state index in [1.54, 1.807) is 0 Å². The number of hydrogen-bond acceptors (Lipinski definition) is 3. The van der Waals surface area contributed by atoms with E-state index in [2.05, 4.69) is 0 Å². The topological polar surface area (TPSA) is 83.7 Å². The highest BCUT2D eigenvalue weighted by molar-refractivity contribution is 7.86. The Kier molecular flexibility index (Phi) is 2.65. The van der Waals surface area contributed by atoms with Crippen LogP contribution < -0.4 is 5.14 Å². The van der Waals surface area contributed by atoms with E-state index in [9.17, 15) is 13.2 Å². The molecule has 1 rings (SSSR count). The minimum Gasteiger partial charge on any atom is -0.343 e. The van der Waals surface area contributed by atoms with Gasteiger partial charge in [-0.25, -0.2) is 5.14 Å². The Labute approximate surface area is 71.1 Å². The molecule has 1 aliphatic rings. The van der Waals surface area contributed by atoms with Gasteiger partial charge in [0.05, 0.1) is 0 Å². The predicted octanol–water partition coefficient (Wildman–Crippen LogP) is -2.04. The number of nitrogens with zero attached hydrogens (tertiary/aromatic N) is 2. The van der Waals surface area contributed by atoms with Gasteiger partial charge in [-0.3, -0.25) is 4.79 Å². The summed E-state index contributed by atoms with van der Waals surface area (Å²) in [6.45, 7) is 1.41. The fourth-order valence-electron chi connectivity index (χ4n) is 1.06. The minimum atomic E-state index is -3.57. The van der Waals surface area contributed by atoms with Crippen LogP contribution in [0.3, 0.4) is 0 Å². The molecule has 6 nitrogen and oxygen atoms in total. The maximum absolute atomic E-state index is 10.8. The van der Waals surface area contributed by atoms with Gasteiger partial charge in [-0.2, -0.15) is 12.7 Å². The number of carbonyl (C=O) groups is 1. The molecule has 1 saturated heterocycles. The first-order chi connectivity index (χ1) is 5.54. The van der Waals surface area contributed by atoms with Crippen LogP contribution in [0.15, 0.2) is 0 Å². The van der Waals surface area contributed by atoms with Crippen molar-refractivity contribution in [3.05, 3.63) is 0 Å². The molecular formula is C5H11N3O3S. The van der Waals surface area contributed by atoms with Gasteiger partial charge >= 0.3 is 0 Å². The number of piperazine rings is 1. The molecule has 0 radical (unpaired) electrons. The Morgan fingerprint density at radius 3 is 2.00 bits per heavy atom. The summed E-state index contributed by atoms with van der Waals surface area (Å²) >= 11 is 0. The van der Waals surface area contributed by atoms with E-state index in [0.29, 0.717) is 19.5 Å². The van der Waals surface area contributed by atoms with Gasteiger partial charge in [-0.05, 0) is 0 Å². The van der Waals surface area contributed by atoms with E-state index >= 15 is 0 Å². The molecule has 0 aromatic carbocycles. The minimum absolute atomic E-state index is 0.289. The maximum Gasteiger partial charge on any atom is 0.277 e. The van der Waals surface area contributed by atoms with Crippen LogP contribution in [0.4, 0.5) is 0 Å². The van der Waals surface area contributed by atoms with E-state index < -0.39 is 10.2 Å². The van der Waals surface area contributed by atoms with E-state index in [4.69, 9.17) is 5.14 Å². The molecule has 0 saturated carbocycles. The Morgan fingerprint density at radius 2 is 1.67 bits per heavy atom. The van der Waals surface area contributed by atoms with Gasteiger partial charge in [0, 0.05) is 26.2 Å². The van der Waals surface area contributed by atoms with Gasteiger partial charge in [0.1, 0.15) is 0 Å². The average molecular weight is 193 g/mol. The van der Waals surface area contributed by atoms with Gasteiger partial charge in [-0.1, -0.05) is 0 Å². The highest BCUT2D eigenvalue weighted by Gasteiger charge is 2.22. The van der Waals surface area contributed by atoms with Crippen LogP contribution in [0.1, 0.15) is 0 Å². The maximum atomic E-state index is 10.8. The molecule has 7 heteroatoms. The second kappa shape index (κ2) is 3.38. The molecule has 0 atom stereocenters. The molecule has 1 heterocycles. The Bertz CT molecular complexity index is 255. The van der Waals surface area contributed by atoms with Crippen molar-refractivity contribution in [2.75, 3.05) is 26.2 Å². The standard InChI is InChI=1S/C5H11N3O3S/c6-12(10,11)8-3-1-7(5-9)2-4-8/h5H,1-4H2,(H2,6,10,11). The van der Waals surface area contributed by atoms with Gasteiger partial charge in [0.15, 0.2) is 0 Å².